The maximum Gasteiger partial charge on any atom is 0.165 e. The summed E-state index contributed by atoms with van der Waals surface area (Å²) in [6.07, 6.45) is 6.72. The molecule has 112 valence electrons. The Morgan fingerprint density at radius 3 is 3.10 bits per heavy atom. The van der Waals surface area contributed by atoms with E-state index >= 15 is 0 Å². The van der Waals surface area contributed by atoms with Crippen molar-refractivity contribution in [3.63, 3.8) is 0 Å². The fraction of sp³-hybridized carbons (Fsp3) is 0.667. The molecule has 4 aliphatic rings. The van der Waals surface area contributed by atoms with Crippen molar-refractivity contribution < 1.29 is 9.47 Å². The van der Waals surface area contributed by atoms with Crippen molar-refractivity contribution in [2.75, 3.05) is 20.7 Å². The molecule has 1 spiro atoms. The minimum absolute atomic E-state index is 0.285. The van der Waals surface area contributed by atoms with Crippen LogP contribution in [0.3, 0.4) is 0 Å². The molecular formula is C18H23NO2. The summed E-state index contributed by atoms with van der Waals surface area (Å²) in [6.45, 7) is 1.21. The molecule has 2 fully saturated rings. The average molecular weight is 285 g/mol. The van der Waals surface area contributed by atoms with Gasteiger partial charge in [0.1, 0.15) is 6.10 Å². The van der Waals surface area contributed by atoms with Gasteiger partial charge in [0.25, 0.3) is 0 Å². The Hall–Kier alpha value is -1.22. The Morgan fingerprint density at radius 2 is 2.24 bits per heavy atom. The first-order valence-corrected chi connectivity index (χ1v) is 8.33. The van der Waals surface area contributed by atoms with Crippen molar-refractivity contribution in [1.82, 2.24) is 4.90 Å². The van der Waals surface area contributed by atoms with Gasteiger partial charge < -0.3 is 14.4 Å². The van der Waals surface area contributed by atoms with Crippen LogP contribution in [0.25, 0.3) is 0 Å². The predicted molar refractivity (Wildman–Crippen MR) is 81.2 cm³/mol. The fourth-order valence-corrected chi connectivity index (χ4v) is 5.86. The number of piperidine rings is 1. The van der Waals surface area contributed by atoms with Gasteiger partial charge in [-0.05, 0) is 63.2 Å². The molecule has 1 aromatic carbocycles. The number of hydrogen-bond acceptors (Lipinski definition) is 3. The number of likely N-dealkylation sites (N-methyl/N-ethyl adjacent to an activating group) is 1. The minimum atomic E-state index is 0.285. The molecule has 5 rings (SSSR count). The van der Waals surface area contributed by atoms with Gasteiger partial charge in [0, 0.05) is 17.0 Å². The average Bonchev–Trinajstić information content (AvgIpc) is 2.84. The Bertz CT molecular complexity index is 613. The molecule has 1 saturated heterocycles. The summed E-state index contributed by atoms with van der Waals surface area (Å²) in [5, 5.41) is 0. The molecule has 1 unspecified atom stereocenters. The third kappa shape index (κ3) is 1.30. The molecular weight excluding hydrogens is 262 g/mol. The number of likely N-dealkylation sites (tertiary alicyclic amines) is 1. The zero-order chi connectivity index (χ0) is 14.2. The van der Waals surface area contributed by atoms with E-state index < -0.39 is 0 Å². The monoisotopic (exact) mass is 285 g/mol. The Morgan fingerprint density at radius 1 is 1.33 bits per heavy atom. The van der Waals surface area contributed by atoms with Gasteiger partial charge in [-0.1, -0.05) is 6.07 Å². The second-order valence-electron chi connectivity index (χ2n) is 7.32. The van der Waals surface area contributed by atoms with Crippen LogP contribution in [0.15, 0.2) is 12.1 Å². The van der Waals surface area contributed by atoms with Gasteiger partial charge in [-0.15, -0.1) is 0 Å². The number of hydrogen-bond donors (Lipinski definition) is 0. The van der Waals surface area contributed by atoms with Crippen molar-refractivity contribution in [1.29, 1.82) is 0 Å². The molecule has 1 saturated carbocycles. The van der Waals surface area contributed by atoms with E-state index in [1.54, 1.807) is 7.11 Å². The number of nitrogens with zero attached hydrogens (tertiary/aromatic N) is 1. The molecule has 0 N–H and O–H groups in total. The Balaban J connectivity index is 1.79. The maximum atomic E-state index is 6.49. The summed E-state index contributed by atoms with van der Waals surface area (Å²) in [7, 11) is 4.07. The first-order valence-electron chi connectivity index (χ1n) is 8.33. The number of rotatable bonds is 1. The van der Waals surface area contributed by atoms with Gasteiger partial charge in [0.05, 0.1) is 7.11 Å². The largest absolute Gasteiger partial charge is 0.493 e. The summed E-state index contributed by atoms with van der Waals surface area (Å²) >= 11 is 0. The second kappa shape index (κ2) is 3.95. The maximum absolute atomic E-state index is 6.49. The molecule has 0 radical (unpaired) electrons. The molecule has 0 aromatic heterocycles. The first kappa shape index (κ1) is 12.3. The van der Waals surface area contributed by atoms with Gasteiger partial charge in [-0.3, -0.25) is 0 Å². The normalized spacial score (nSPS) is 39.6. The highest BCUT2D eigenvalue weighted by Crippen LogP contribution is 2.63. The molecule has 3 heteroatoms. The Kier molecular flexibility index (Phi) is 2.32. The van der Waals surface area contributed by atoms with Crippen LogP contribution in [-0.4, -0.2) is 37.7 Å². The van der Waals surface area contributed by atoms with Gasteiger partial charge in [0.2, 0.25) is 0 Å². The van der Waals surface area contributed by atoms with Gasteiger partial charge in [0.15, 0.2) is 11.5 Å². The highest BCUT2D eigenvalue weighted by atomic mass is 16.5. The van der Waals surface area contributed by atoms with Crippen molar-refractivity contribution in [3.8, 4) is 11.5 Å². The quantitative estimate of drug-likeness (QED) is 0.792. The lowest BCUT2D eigenvalue weighted by Gasteiger charge is -2.57. The fourth-order valence-electron chi connectivity index (χ4n) is 5.86. The summed E-state index contributed by atoms with van der Waals surface area (Å²) in [5.74, 6) is 2.79. The van der Waals surface area contributed by atoms with Crippen molar-refractivity contribution in [2.45, 2.75) is 49.7 Å². The van der Waals surface area contributed by atoms with E-state index in [1.807, 2.05) is 0 Å². The predicted octanol–water partition coefficient (Wildman–Crippen LogP) is 2.75. The van der Waals surface area contributed by atoms with Crippen LogP contribution in [0.2, 0.25) is 0 Å². The topological polar surface area (TPSA) is 21.7 Å². The molecule has 4 atom stereocenters. The summed E-state index contributed by atoms with van der Waals surface area (Å²) in [5.41, 5.74) is 3.33. The van der Waals surface area contributed by atoms with E-state index in [2.05, 4.69) is 24.1 Å². The third-order valence-electron chi connectivity index (χ3n) is 6.71. The lowest BCUT2D eigenvalue weighted by atomic mass is 9.52. The highest BCUT2D eigenvalue weighted by Gasteiger charge is 2.62. The molecule has 3 nitrogen and oxygen atoms in total. The van der Waals surface area contributed by atoms with Crippen LogP contribution in [0.1, 0.15) is 36.8 Å². The number of methoxy groups -OCH3 is 1. The van der Waals surface area contributed by atoms with E-state index in [1.165, 1.54) is 49.8 Å². The van der Waals surface area contributed by atoms with Crippen LogP contribution in [0.4, 0.5) is 0 Å². The molecule has 2 bridgehead atoms. The van der Waals surface area contributed by atoms with Crippen molar-refractivity contribution >= 4 is 0 Å². The van der Waals surface area contributed by atoms with E-state index in [4.69, 9.17) is 9.47 Å². The highest BCUT2D eigenvalue weighted by molar-refractivity contribution is 5.60. The molecule has 0 amide bonds. The Labute approximate surface area is 126 Å². The van der Waals surface area contributed by atoms with E-state index in [0.717, 1.165) is 17.4 Å². The van der Waals surface area contributed by atoms with E-state index in [9.17, 15) is 0 Å². The summed E-state index contributed by atoms with van der Waals surface area (Å²) in [4.78, 5) is 2.60. The van der Waals surface area contributed by atoms with Gasteiger partial charge >= 0.3 is 0 Å². The molecule has 2 heterocycles. The van der Waals surface area contributed by atoms with Crippen LogP contribution >= 0.6 is 0 Å². The smallest absolute Gasteiger partial charge is 0.165 e. The van der Waals surface area contributed by atoms with Crippen LogP contribution in [-0.2, 0) is 11.8 Å². The zero-order valence-corrected chi connectivity index (χ0v) is 12.9. The molecule has 1 aromatic rings. The molecule has 21 heavy (non-hydrogen) atoms. The number of benzene rings is 1. The van der Waals surface area contributed by atoms with Crippen LogP contribution < -0.4 is 9.47 Å². The summed E-state index contributed by atoms with van der Waals surface area (Å²) < 4.78 is 12.1. The first-order chi connectivity index (χ1) is 10.3. The standard InChI is InChI=1S/C18H23NO2/c1-19-9-8-18-12-4-3-5-15(18)21-17-14(20-2)7-6-11(16(17)18)10-13(12)19/h6-7,12-13,15H,3-5,8-10H2,1-2H3/t12-,13+,15-,18?/m0/s1. The summed E-state index contributed by atoms with van der Waals surface area (Å²) in [6, 6.07) is 5.11. The van der Waals surface area contributed by atoms with Crippen molar-refractivity contribution in [3.05, 3.63) is 23.3 Å². The molecule has 2 aliphatic carbocycles. The number of ether oxygens (including phenoxy) is 2. The van der Waals surface area contributed by atoms with Crippen LogP contribution in [0.5, 0.6) is 11.5 Å². The van der Waals surface area contributed by atoms with Crippen molar-refractivity contribution in [2.24, 2.45) is 5.92 Å². The molecule has 2 aliphatic heterocycles. The minimum Gasteiger partial charge on any atom is -0.493 e. The van der Waals surface area contributed by atoms with Gasteiger partial charge in [-0.2, -0.15) is 0 Å². The van der Waals surface area contributed by atoms with E-state index in [0.29, 0.717) is 12.1 Å². The SMILES string of the molecule is COc1ccc2c3c1O[C@H]1CCC[C@H]4[C@@H](C2)N(C)CCC314. The lowest BCUT2D eigenvalue weighted by molar-refractivity contribution is -0.0426. The zero-order valence-electron chi connectivity index (χ0n) is 12.9. The second-order valence-corrected chi connectivity index (χ2v) is 7.32. The van der Waals surface area contributed by atoms with Gasteiger partial charge in [-0.25, -0.2) is 0 Å². The van der Waals surface area contributed by atoms with E-state index in [-0.39, 0.29) is 5.41 Å². The third-order valence-corrected chi connectivity index (χ3v) is 6.71. The van der Waals surface area contributed by atoms with Crippen LogP contribution in [0, 0.1) is 5.92 Å². The lowest BCUT2D eigenvalue weighted by Crippen LogP contribution is -2.63.